The molecule has 0 bridgehead atoms. The van der Waals surface area contributed by atoms with Crippen molar-refractivity contribution in [3.8, 4) is 0 Å². The SMILES string of the molecule is COP(=S)(OC)SCC(C)SC(C)CSP(=S)(OC)OC. The number of hydrogen-bond acceptors (Lipinski definition) is 9. The summed E-state index contributed by atoms with van der Waals surface area (Å²) in [5.41, 5.74) is -4.30. The molecule has 0 aliphatic heterocycles. The van der Waals surface area contributed by atoms with Crippen LogP contribution in [0.15, 0.2) is 0 Å². The molecule has 0 heterocycles. The Balaban J connectivity index is 4.13. The van der Waals surface area contributed by atoms with E-state index >= 15 is 0 Å². The molecule has 0 amide bonds. The smallest absolute Gasteiger partial charge is 0.246 e. The van der Waals surface area contributed by atoms with Gasteiger partial charge in [-0.2, -0.15) is 11.8 Å². The highest BCUT2D eigenvalue weighted by Crippen LogP contribution is 2.61. The molecule has 0 N–H and O–H groups in total. The summed E-state index contributed by atoms with van der Waals surface area (Å²) in [4.78, 5) is 0. The zero-order chi connectivity index (χ0) is 16.5. The van der Waals surface area contributed by atoms with Crippen LogP contribution in [-0.4, -0.2) is 50.4 Å². The van der Waals surface area contributed by atoms with E-state index in [0.717, 1.165) is 11.5 Å². The Hall–Kier alpha value is 2.19. The van der Waals surface area contributed by atoms with Gasteiger partial charge in [-0.15, -0.1) is 0 Å². The lowest BCUT2D eigenvalue weighted by Crippen LogP contribution is -2.09. The standard InChI is InChI=1S/C10H24O4P2S5/c1-9(7-19-15(17,11-3)12-4)21-10(2)8-20-16(18,13-5)14-6/h9-10H,7-8H2,1-6H3. The summed E-state index contributed by atoms with van der Waals surface area (Å²) in [6.45, 7) is 4.37. The van der Waals surface area contributed by atoms with Crippen LogP contribution in [0.4, 0.5) is 0 Å². The summed E-state index contributed by atoms with van der Waals surface area (Å²) in [5, 5.41) is 0.919. The fourth-order valence-electron chi connectivity index (χ4n) is 1.23. The third-order valence-corrected chi connectivity index (χ3v) is 16.0. The van der Waals surface area contributed by atoms with Crippen molar-refractivity contribution >= 4 is 69.5 Å². The molecule has 0 aromatic rings. The maximum Gasteiger partial charge on any atom is 0.246 e. The van der Waals surface area contributed by atoms with Gasteiger partial charge in [-0.3, -0.25) is 0 Å². The molecular weight excluding hydrogens is 406 g/mol. The van der Waals surface area contributed by atoms with Crippen LogP contribution >= 0.6 is 45.9 Å². The van der Waals surface area contributed by atoms with Crippen molar-refractivity contribution < 1.29 is 18.1 Å². The highest BCUT2D eigenvalue weighted by Gasteiger charge is 2.21. The number of rotatable bonds is 12. The third kappa shape index (κ3) is 9.92. The molecule has 2 unspecified atom stereocenters. The molecule has 0 fully saturated rings. The Labute approximate surface area is 151 Å². The molecule has 0 aromatic heterocycles. The van der Waals surface area contributed by atoms with Crippen molar-refractivity contribution in [1.29, 1.82) is 0 Å². The Morgan fingerprint density at radius 2 is 1.05 bits per heavy atom. The number of thioether (sulfide) groups is 1. The molecular formula is C10H24O4P2S5. The highest BCUT2D eigenvalue weighted by molar-refractivity contribution is 8.68. The fourth-order valence-corrected chi connectivity index (χ4v) is 9.96. The monoisotopic (exact) mass is 430 g/mol. The minimum Gasteiger partial charge on any atom is -0.325 e. The number of hydrogen-bond donors (Lipinski definition) is 0. The van der Waals surface area contributed by atoms with Crippen molar-refractivity contribution in [1.82, 2.24) is 0 Å². The van der Waals surface area contributed by atoms with Crippen molar-refractivity contribution in [2.45, 2.75) is 24.3 Å². The molecule has 128 valence electrons. The summed E-state index contributed by atoms with van der Waals surface area (Å²) in [7, 11) is 6.43. The van der Waals surface area contributed by atoms with Crippen LogP contribution < -0.4 is 0 Å². The van der Waals surface area contributed by atoms with Gasteiger partial charge >= 0.3 is 0 Å². The first-order chi connectivity index (χ1) is 9.74. The van der Waals surface area contributed by atoms with E-state index < -0.39 is 11.4 Å². The van der Waals surface area contributed by atoms with Crippen molar-refractivity contribution in [3.05, 3.63) is 0 Å². The molecule has 11 heteroatoms. The summed E-state index contributed by atoms with van der Waals surface area (Å²) >= 11 is 15.8. The van der Waals surface area contributed by atoms with E-state index in [4.69, 9.17) is 41.7 Å². The summed E-state index contributed by atoms with van der Waals surface area (Å²) in [5.74, 6) is 1.81. The first kappa shape index (κ1) is 23.2. The van der Waals surface area contributed by atoms with E-state index in [1.807, 2.05) is 11.8 Å². The highest BCUT2D eigenvalue weighted by atomic mass is 32.9. The molecule has 0 saturated carbocycles. The molecule has 2 atom stereocenters. The second kappa shape index (κ2) is 11.7. The van der Waals surface area contributed by atoms with Gasteiger partial charge in [-0.05, 0) is 23.6 Å². The minimum atomic E-state index is -2.15. The van der Waals surface area contributed by atoms with Crippen LogP contribution in [0.3, 0.4) is 0 Å². The van der Waals surface area contributed by atoms with Gasteiger partial charge in [-0.25, -0.2) is 0 Å². The van der Waals surface area contributed by atoms with Gasteiger partial charge in [0.15, 0.2) is 0 Å². The van der Waals surface area contributed by atoms with Crippen molar-refractivity contribution in [3.63, 3.8) is 0 Å². The summed E-state index contributed by atoms with van der Waals surface area (Å²) in [6.07, 6.45) is 0. The molecule has 4 nitrogen and oxygen atoms in total. The fraction of sp³-hybridized carbons (Fsp3) is 1.00. The third-order valence-electron chi connectivity index (χ3n) is 2.29. The lowest BCUT2D eigenvalue weighted by molar-refractivity contribution is 0.353. The van der Waals surface area contributed by atoms with Gasteiger partial charge in [0.25, 0.3) is 0 Å². The van der Waals surface area contributed by atoms with Gasteiger partial charge in [0.1, 0.15) is 0 Å². The topological polar surface area (TPSA) is 36.9 Å². The Kier molecular flexibility index (Phi) is 12.9. The van der Waals surface area contributed by atoms with Crippen molar-refractivity contribution in [2.75, 3.05) is 39.9 Å². The Morgan fingerprint density at radius 3 is 1.29 bits per heavy atom. The van der Waals surface area contributed by atoms with E-state index in [9.17, 15) is 0 Å². The first-order valence-corrected chi connectivity index (χ1v) is 15.5. The van der Waals surface area contributed by atoms with Crippen molar-refractivity contribution in [2.24, 2.45) is 0 Å². The maximum absolute atomic E-state index is 5.34. The van der Waals surface area contributed by atoms with Crippen LogP contribution in [0.5, 0.6) is 0 Å². The second-order valence-electron chi connectivity index (χ2n) is 3.97. The lowest BCUT2D eigenvalue weighted by atomic mass is 10.5. The molecule has 0 rings (SSSR count). The largest absolute Gasteiger partial charge is 0.325 e. The molecule has 21 heavy (non-hydrogen) atoms. The van der Waals surface area contributed by atoms with Gasteiger partial charge in [0.2, 0.25) is 11.4 Å². The normalized spacial score (nSPS) is 15.9. The molecule has 0 spiro atoms. The first-order valence-electron chi connectivity index (χ1n) is 6.11. The quantitative estimate of drug-likeness (QED) is 0.398. The lowest BCUT2D eigenvalue weighted by Gasteiger charge is -2.22. The van der Waals surface area contributed by atoms with Crippen LogP contribution in [0.1, 0.15) is 13.8 Å². The van der Waals surface area contributed by atoms with Crippen LogP contribution in [0.2, 0.25) is 0 Å². The zero-order valence-electron chi connectivity index (χ0n) is 13.1. The van der Waals surface area contributed by atoms with E-state index in [0.29, 0.717) is 10.5 Å². The summed E-state index contributed by atoms with van der Waals surface area (Å²) < 4.78 is 21.1. The van der Waals surface area contributed by atoms with Crippen LogP contribution in [0, 0.1) is 0 Å². The van der Waals surface area contributed by atoms with Gasteiger partial charge in [-0.1, -0.05) is 36.6 Å². The molecule has 0 aromatic carbocycles. The molecule has 0 radical (unpaired) electrons. The Bertz CT molecular complexity index is 334. The van der Waals surface area contributed by atoms with Gasteiger partial charge < -0.3 is 18.1 Å². The second-order valence-corrected chi connectivity index (χ2v) is 19.0. The maximum atomic E-state index is 5.34. The van der Waals surface area contributed by atoms with Crippen LogP contribution in [0.25, 0.3) is 0 Å². The average Bonchev–Trinajstić information content (AvgIpc) is 2.50. The van der Waals surface area contributed by atoms with E-state index in [1.54, 1.807) is 51.2 Å². The predicted molar refractivity (Wildman–Crippen MR) is 108 cm³/mol. The molecule has 0 saturated heterocycles. The average molecular weight is 431 g/mol. The Morgan fingerprint density at radius 1 is 0.762 bits per heavy atom. The van der Waals surface area contributed by atoms with Gasteiger partial charge in [0, 0.05) is 50.4 Å². The summed E-state index contributed by atoms with van der Waals surface area (Å²) in [6, 6.07) is 0. The van der Waals surface area contributed by atoms with Crippen LogP contribution in [-0.2, 0) is 41.7 Å². The van der Waals surface area contributed by atoms with E-state index in [-0.39, 0.29) is 0 Å². The minimum absolute atomic E-state index is 0.459. The van der Waals surface area contributed by atoms with Gasteiger partial charge in [0.05, 0.1) is 0 Å². The zero-order valence-corrected chi connectivity index (χ0v) is 19.0. The molecule has 0 aliphatic carbocycles. The predicted octanol–water partition coefficient (Wildman–Crippen LogP) is 5.00. The van der Waals surface area contributed by atoms with E-state index in [1.165, 1.54) is 0 Å². The van der Waals surface area contributed by atoms with E-state index in [2.05, 4.69) is 13.8 Å². The molecule has 0 aliphatic rings.